The van der Waals surface area contributed by atoms with E-state index in [0.717, 1.165) is 23.1 Å². The number of hydrogen-bond acceptors (Lipinski definition) is 3. The van der Waals surface area contributed by atoms with Crippen molar-refractivity contribution in [3.05, 3.63) is 46.2 Å². The second kappa shape index (κ2) is 5.42. The minimum atomic E-state index is -0.0513. The lowest BCUT2D eigenvalue weighted by molar-refractivity contribution is 0.575. The van der Waals surface area contributed by atoms with Crippen LogP contribution in [0, 0.1) is 0 Å². The third-order valence-corrected chi connectivity index (χ3v) is 3.33. The molecule has 1 aromatic carbocycles. The number of nitrogens with zero attached hydrogens (tertiary/aromatic N) is 3. The highest BCUT2D eigenvalue weighted by molar-refractivity contribution is 9.10. The van der Waals surface area contributed by atoms with Gasteiger partial charge in [-0.15, -0.1) is 5.10 Å². The Kier molecular flexibility index (Phi) is 3.91. The number of halogens is 1. The molecule has 17 heavy (non-hydrogen) atoms. The maximum Gasteiger partial charge on any atom is 0.153 e. The zero-order valence-corrected chi connectivity index (χ0v) is 11.3. The molecule has 4 nitrogen and oxygen atoms in total. The Bertz CT molecular complexity index is 461. The maximum absolute atomic E-state index is 6.16. The highest BCUT2D eigenvalue weighted by Gasteiger charge is 2.15. The van der Waals surface area contributed by atoms with Gasteiger partial charge in [0.2, 0.25) is 0 Å². The van der Waals surface area contributed by atoms with Crippen molar-refractivity contribution in [1.82, 2.24) is 15.0 Å². The zero-order chi connectivity index (χ0) is 12.3. The van der Waals surface area contributed by atoms with Crippen LogP contribution in [0.2, 0.25) is 0 Å². The van der Waals surface area contributed by atoms with E-state index in [1.54, 1.807) is 4.68 Å². The molecule has 0 radical (unpaired) electrons. The van der Waals surface area contributed by atoms with Crippen molar-refractivity contribution in [3.8, 4) is 0 Å². The lowest BCUT2D eigenvalue weighted by atomic mass is 10.0. The molecule has 90 valence electrons. The zero-order valence-electron chi connectivity index (χ0n) is 9.68. The highest BCUT2D eigenvalue weighted by atomic mass is 79.9. The minimum absolute atomic E-state index is 0.0513. The predicted octanol–water partition coefficient (Wildman–Crippen LogP) is 2.21. The molecule has 0 spiro atoms. The molecule has 0 bridgehead atoms. The van der Waals surface area contributed by atoms with Crippen molar-refractivity contribution in [2.75, 3.05) is 0 Å². The van der Waals surface area contributed by atoms with E-state index in [4.69, 9.17) is 5.73 Å². The van der Waals surface area contributed by atoms with Crippen LogP contribution in [-0.2, 0) is 13.5 Å². The second-order valence-electron chi connectivity index (χ2n) is 4.02. The van der Waals surface area contributed by atoms with Crippen LogP contribution in [-0.4, -0.2) is 15.0 Å². The summed E-state index contributed by atoms with van der Waals surface area (Å²) < 4.78 is 2.46. The first-order valence-electron chi connectivity index (χ1n) is 5.53. The number of aryl methyl sites for hydroxylation is 2. The van der Waals surface area contributed by atoms with Crippen LogP contribution in [0.25, 0.3) is 0 Å². The van der Waals surface area contributed by atoms with Crippen LogP contribution in [0.1, 0.15) is 23.7 Å². The monoisotopic (exact) mass is 294 g/mol. The average Bonchev–Trinajstić information content (AvgIpc) is 2.67. The molecule has 2 rings (SSSR count). The summed E-state index contributed by atoms with van der Waals surface area (Å²) in [7, 11) is 1.86. The smallest absolute Gasteiger partial charge is 0.153 e. The van der Waals surface area contributed by atoms with Gasteiger partial charge in [0.05, 0.1) is 5.69 Å². The van der Waals surface area contributed by atoms with Gasteiger partial charge in [0, 0.05) is 13.1 Å². The van der Waals surface area contributed by atoms with Gasteiger partial charge in [-0.25, -0.2) is 4.68 Å². The van der Waals surface area contributed by atoms with Gasteiger partial charge in [-0.05, 0) is 34.3 Å². The standard InChI is InChI=1S/C12H15BrN4/c1-17-11(12(13)15-16-17)10(14)8-7-9-5-3-2-4-6-9/h2-6,10H,7-8,14H2,1H3. The van der Waals surface area contributed by atoms with Crippen LogP contribution in [0.4, 0.5) is 0 Å². The first-order valence-corrected chi connectivity index (χ1v) is 6.32. The lowest BCUT2D eigenvalue weighted by Crippen LogP contribution is -2.16. The Hall–Kier alpha value is -1.20. The molecule has 1 heterocycles. The van der Waals surface area contributed by atoms with Gasteiger partial charge in [-0.3, -0.25) is 0 Å². The predicted molar refractivity (Wildman–Crippen MR) is 70.4 cm³/mol. The van der Waals surface area contributed by atoms with E-state index in [9.17, 15) is 0 Å². The quantitative estimate of drug-likeness (QED) is 0.941. The molecule has 2 N–H and O–H groups in total. The summed E-state index contributed by atoms with van der Waals surface area (Å²) in [5.41, 5.74) is 8.40. The van der Waals surface area contributed by atoms with Crippen molar-refractivity contribution < 1.29 is 0 Å². The van der Waals surface area contributed by atoms with Crippen molar-refractivity contribution in [1.29, 1.82) is 0 Å². The summed E-state index contributed by atoms with van der Waals surface area (Å²) in [6.45, 7) is 0. The fourth-order valence-corrected chi connectivity index (χ4v) is 2.46. The average molecular weight is 295 g/mol. The third-order valence-electron chi connectivity index (χ3n) is 2.76. The molecule has 1 aromatic heterocycles. The summed E-state index contributed by atoms with van der Waals surface area (Å²) >= 11 is 3.37. The molecule has 0 aliphatic rings. The molecule has 1 unspecified atom stereocenters. The van der Waals surface area contributed by atoms with E-state index in [1.165, 1.54) is 5.56 Å². The highest BCUT2D eigenvalue weighted by Crippen LogP contribution is 2.22. The number of hydrogen-bond donors (Lipinski definition) is 1. The van der Waals surface area contributed by atoms with E-state index < -0.39 is 0 Å². The summed E-state index contributed by atoms with van der Waals surface area (Å²) in [4.78, 5) is 0. The Morgan fingerprint density at radius 1 is 1.35 bits per heavy atom. The third kappa shape index (κ3) is 2.92. The molecule has 0 amide bonds. The van der Waals surface area contributed by atoms with Gasteiger partial charge in [0.1, 0.15) is 0 Å². The number of aromatic nitrogens is 3. The van der Waals surface area contributed by atoms with Crippen LogP contribution in [0.15, 0.2) is 34.9 Å². The molecule has 0 saturated carbocycles. The summed E-state index contributed by atoms with van der Waals surface area (Å²) in [5.74, 6) is 0. The minimum Gasteiger partial charge on any atom is -0.323 e. The van der Waals surface area contributed by atoms with Crippen LogP contribution in [0.3, 0.4) is 0 Å². The van der Waals surface area contributed by atoms with Crippen LogP contribution < -0.4 is 5.73 Å². The van der Waals surface area contributed by atoms with E-state index in [-0.39, 0.29) is 6.04 Å². The van der Waals surface area contributed by atoms with Crippen molar-refractivity contribution >= 4 is 15.9 Å². The van der Waals surface area contributed by atoms with E-state index >= 15 is 0 Å². The number of nitrogens with two attached hydrogens (primary N) is 1. The molecular weight excluding hydrogens is 280 g/mol. The van der Waals surface area contributed by atoms with Crippen LogP contribution >= 0.6 is 15.9 Å². The number of rotatable bonds is 4. The van der Waals surface area contributed by atoms with E-state index in [2.05, 4.69) is 38.4 Å². The largest absolute Gasteiger partial charge is 0.323 e. The Balaban J connectivity index is 2.01. The van der Waals surface area contributed by atoms with Crippen LogP contribution in [0.5, 0.6) is 0 Å². The second-order valence-corrected chi connectivity index (χ2v) is 4.77. The van der Waals surface area contributed by atoms with Crippen molar-refractivity contribution in [2.45, 2.75) is 18.9 Å². The molecule has 0 fully saturated rings. The van der Waals surface area contributed by atoms with Crippen molar-refractivity contribution in [2.24, 2.45) is 12.8 Å². The molecule has 2 aromatic rings. The fraction of sp³-hybridized carbons (Fsp3) is 0.333. The van der Waals surface area contributed by atoms with E-state index in [1.807, 2.05) is 25.2 Å². The molecule has 0 aliphatic heterocycles. The lowest BCUT2D eigenvalue weighted by Gasteiger charge is -2.11. The first kappa shape index (κ1) is 12.3. The molecule has 1 atom stereocenters. The van der Waals surface area contributed by atoms with Gasteiger partial charge in [-0.2, -0.15) is 0 Å². The fourth-order valence-electron chi connectivity index (χ4n) is 1.84. The summed E-state index contributed by atoms with van der Waals surface area (Å²) in [5, 5.41) is 7.87. The molecule has 0 saturated heterocycles. The Morgan fingerprint density at radius 3 is 2.65 bits per heavy atom. The first-order chi connectivity index (χ1) is 8.18. The van der Waals surface area contributed by atoms with Gasteiger partial charge in [0.15, 0.2) is 4.60 Å². The molecule has 0 aliphatic carbocycles. The maximum atomic E-state index is 6.16. The summed E-state index contributed by atoms with van der Waals surface area (Å²) in [6, 6.07) is 10.3. The number of benzene rings is 1. The molecule has 5 heteroatoms. The van der Waals surface area contributed by atoms with Gasteiger partial charge >= 0.3 is 0 Å². The van der Waals surface area contributed by atoms with Crippen molar-refractivity contribution in [3.63, 3.8) is 0 Å². The Labute approximate surface area is 109 Å². The van der Waals surface area contributed by atoms with E-state index in [0.29, 0.717) is 0 Å². The Morgan fingerprint density at radius 2 is 2.06 bits per heavy atom. The SMILES string of the molecule is Cn1nnc(Br)c1C(N)CCc1ccccc1. The summed E-state index contributed by atoms with van der Waals surface area (Å²) in [6.07, 6.45) is 1.84. The van der Waals surface area contributed by atoms with Gasteiger partial charge < -0.3 is 5.73 Å². The van der Waals surface area contributed by atoms with Gasteiger partial charge in [-0.1, -0.05) is 35.5 Å². The molecular formula is C12H15BrN4. The normalized spacial score (nSPS) is 12.6. The topological polar surface area (TPSA) is 56.7 Å². The van der Waals surface area contributed by atoms with Gasteiger partial charge in [0.25, 0.3) is 0 Å².